The van der Waals surface area contributed by atoms with Crippen LogP contribution in [-0.4, -0.2) is 4.98 Å². The van der Waals surface area contributed by atoms with Crippen molar-refractivity contribution in [3.05, 3.63) is 65.5 Å². The molecule has 0 aliphatic carbocycles. The van der Waals surface area contributed by atoms with Crippen LogP contribution in [0.15, 0.2) is 48.8 Å². The minimum atomic E-state index is 0.317. The van der Waals surface area contributed by atoms with Crippen molar-refractivity contribution in [3.63, 3.8) is 0 Å². The van der Waals surface area contributed by atoms with Crippen LogP contribution in [-0.2, 0) is 0 Å². The molecule has 0 aliphatic rings. The third kappa shape index (κ3) is 3.67. The lowest BCUT2D eigenvalue weighted by Gasteiger charge is -2.21. The van der Waals surface area contributed by atoms with Gasteiger partial charge in [-0.3, -0.25) is 4.98 Å². The zero-order chi connectivity index (χ0) is 14.5. The van der Waals surface area contributed by atoms with Gasteiger partial charge in [0.05, 0.1) is 0 Å². The van der Waals surface area contributed by atoms with Gasteiger partial charge in [-0.15, -0.1) is 0 Å². The number of aromatic nitrogens is 1. The molecule has 2 heteroatoms. The molecule has 2 nitrogen and oxygen atoms in total. The molecular formula is C18H24N2. The lowest BCUT2D eigenvalue weighted by atomic mass is 9.99. The molecule has 0 bridgehead atoms. The molecule has 20 heavy (non-hydrogen) atoms. The maximum absolute atomic E-state index is 4.06. The summed E-state index contributed by atoms with van der Waals surface area (Å²) in [4.78, 5) is 4.06. The van der Waals surface area contributed by atoms with Crippen LogP contribution in [0.5, 0.6) is 0 Å². The van der Waals surface area contributed by atoms with Crippen LogP contribution in [0.2, 0.25) is 0 Å². The first-order valence-electron chi connectivity index (χ1n) is 7.33. The SMILES string of the molecule is CC(C)c1ccc(C(C)NC(C)c2ccncc2)cc1. The Labute approximate surface area is 122 Å². The van der Waals surface area contributed by atoms with Crippen LogP contribution in [0.25, 0.3) is 0 Å². The smallest absolute Gasteiger partial charge is 0.0298 e. The first-order valence-corrected chi connectivity index (χ1v) is 7.33. The largest absolute Gasteiger partial charge is 0.304 e. The van der Waals surface area contributed by atoms with Crippen molar-refractivity contribution in [3.8, 4) is 0 Å². The van der Waals surface area contributed by atoms with Crippen LogP contribution in [0, 0.1) is 0 Å². The van der Waals surface area contributed by atoms with E-state index in [9.17, 15) is 0 Å². The molecule has 0 aliphatic heterocycles. The minimum absolute atomic E-state index is 0.317. The van der Waals surface area contributed by atoms with Gasteiger partial charge in [-0.05, 0) is 48.6 Å². The standard InChI is InChI=1S/C18H24N2/c1-13(2)16-5-7-17(8-6-16)14(3)20-15(4)18-9-11-19-12-10-18/h5-15,20H,1-4H3. The van der Waals surface area contributed by atoms with Crippen molar-refractivity contribution in [2.24, 2.45) is 0 Å². The quantitative estimate of drug-likeness (QED) is 0.856. The molecule has 0 spiro atoms. The first-order chi connectivity index (χ1) is 9.58. The number of nitrogens with zero attached hydrogens (tertiary/aromatic N) is 1. The molecule has 1 aromatic carbocycles. The Morgan fingerprint density at radius 1 is 0.700 bits per heavy atom. The van der Waals surface area contributed by atoms with E-state index in [0.717, 1.165) is 0 Å². The molecule has 1 heterocycles. The summed E-state index contributed by atoms with van der Waals surface area (Å²) >= 11 is 0. The second kappa shape index (κ2) is 6.67. The van der Waals surface area contributed by atoms with Crippen LogP contribution in [0.3, 0.4) is 0 Å². The average Bonchev–Trinajstić information content (AvgIpc) is 2.48. The molecule has 0 amide bonds. The van der Waals surface area contributed by atoms with Gasteiger partial charge >= 0.3 is 0 Å². The highest BCUT2D eigenvalue weighted by atomic mass is 14.9. The maximum atomic E-state index is 4.06. The van der Waals surface area contributed by atoms with Crippen LogP contribution in [0.1, 0.15) is 62.4 Å². The van der Waals surface area contributed by atoms with Gasteiger partial charge in [-0.25, -0.2) is 0 Å². The Kier molecular flexibility index (Phi) is 4.91. The normalized spacial score (nSPS) is 14.2. The summed E-state index contributed by atoms with van der Waals surface area (Å²) in [6, 6.07) is 13.7. The summed E-state index contributed by atoms with van der Waals surface area (Å²) < 4.78 is 0. The Bertz CT molecular complexity index is 517. The van der Waals surface area contributed by atoms with Crippen LogP contribution >= 0.6 is 0 Å². The molecule has 1 N–H and O–H groups in total. The van der Waals surface area contributed by atoms with Gasteiger partial charge in [0.1, 0.15) is 0 Å². The minimum Gasteiger partial charge on any atom is -0.304 e. The lowest BCUT2D eigenvalue weighted by molar-refractivity contribution is 0.494. The molecule has 2 atom stereocenters. The summed E-state index contributed by atoms with van der Waals surface area (Å²) in [5.74, 6) is 0.586. The van der Waals surface area contributed by atoms with E-state index in [1.807, 2.05) is 12.4 Å². The van der Waals surface area contributed by atoms with Crippen molar-refractivity contribution in [1.82, 2.24) is 10.3 Å². The van der Waals surface area contributed by atoms with Crippen molar-refractivity contribution < 1.29 is 0 Å². The van der Waals surface area contributed by atoms with E-state index in [1.54, 1.807) is 0 Å². The Morgan fingerprint density at radius 3 is 1.65 bits per heavy atom. The topological polar surface area (TPSA) is 24.9 Å². The lowest BCUT2D eigenvalue weighted by Crippen LogP contribution is -2.22. The number of benzene rings is 1. The van der Waals surface area contributed by atoms with Gasteiger partial charge in [-0.1, -0.05) is 38.1 Å². The first kappa shape index (κ1) is 14.7. The molecule has 0 radical (unpaired) electrons. The summed E-state index contributed by atoms with van der Waals surface area (Å²) in [5, 5.41) is 3.63. The maximum Gasteiger partial charge on any atom is 0.0298 e. The monoisotopic (exact) mass is 268 g/mol. The molecule has 0 saturated heterocycles. The molecule has 2 rings (SSSR count). The van der Waals surface area contributed by atoms with Gasteiger partial charge in [0, 0.05) is 24.5 Å². The van der Waals surface area contributed by atoms with Gasteiger partial charge in [0.25, 0.3) is 0 Å². The van der Waals surface area contributed by atoms with Gasteiger partial charge in [-0.2, -0.15) is 0 Å². The van der Waals surface area contributed by atoms with Crippen molar-refractivity contribution in [2.75, 3.05) is 0 Å². The highest BCUT2D eigenvalue weighted by molar-refractivity contribution is 5.27. The van der Waals surface area contributed by atoms with E-state index < -0.39 is 0 Å². The summed E-state index contributed by atoms with van der Waals surface area (Å²) in [6.45, 7) is 8.85. The predicted octanol–water partition coefficient (Wildman–Crippen LogP) is 4.62. The Balaban J connectivity index is 2.02. The number of nitrogens with one attached hydrogen (secondary N) is 1. The van der Waals surface area contributed by atoms with Crippen LogP contribution < -0.4 is 5.32 Å². The van der Waals surface area contributed by atoms with Crippen molar-refractivity contribution in [2.45, 2.75) is 45.7 Å². The third-order valence-corrected chi connectivity index (χ3v) is 3.81. The van der Waals surface area contributed by atoms with E-state index in [-0.39, 0.29) is 0 Å². The van der Waals surface area contributed by atoms with Gasteiger partial charge in [0.15, 0.2) is 0 Å². The fraction of sp³-hybridized carbons (Fsp3) is 0.389. The zero-order valence-corrected chi connectivity index (χ0v) is 12.8. The molecule has 106 valence electrons. The number of hydrogen-bond donors (Lipinski definition) is 1. The van der Waals surface area contributed by atoms with Crippen molar-refractivity contribution in [1.29, 1.82) is 0 Å². The molecular weight excluding hydrogens is 244 g/mol. The number of hydrogen-bond acceptors (Lipinski definition) is 2. The van der Waals surface area contributed by atoms with E-state index in [1.165, 1.54) is 16.7 Å². The van der Waals surface area contributed by atoms with E-state index in [2.05, 4.69) is 74.4 Å². The highest BCUT2D eigenvalue weighted by Gasteiger charge is 2.11. The van der Waals surface area contributed by atoms with Crippen molar-refractivity contribution >= 4 is 0 Å². The number of pyridine rings is 1. The highest BCUT2D eigenvalue weighted by Crippen LogP contribution is 2.21. The average molecular weight is 268 g/mol. The zero-order valence-electron chi connectivity index (χ0n) is 12.8. The second-order valence-corrected chi connectivity index (χ2v) is 5.71. The van der Waals surface area contributed by atoms with Gasteiger partial charge in [0.2, 0.25) is 0 Å². The Morgan fingerprint density at radius 2 is 1.15 bits per heavy atom. The van der Waals surface area contributed by atoms with Gasteiger partial charge < -0.3 is 5.32 Å². The van der Waals surface area contributed by atoms with Crippen LogP contribution in [0.4, 0.5) is 0 Å². The molecule has 0 fully saturated rings. The summed E-state index contributed by atoms with van der Waals surface area (Å²) in [5.41, 5.74) is 3.99. The fourth-order valence-electron chi connectivity index (χ4n) is 2.39. The summed E-state index contributed by atoms with van der Waals surface area (Å²) in [6.07, 6.45) is 3.69. The van der Waals surface area contributed by atoms with E-state index >= 15 is 0 Å². The second-order valence-electron chi connectivity index (χ2n) is 5.71. The molecule has 0 saturated carbocycles. The Hall–Kier alpha value is -1.67. The fourth-order valence-corrected chi connectivity index (χ4v) is 2.39. The molecule has 2 aromatic rings. The third-order valence-electron chi connectivity index (χ3n) is 3.81. The van der Waals surface area contributed by atoms with E-state index in [4.69, 9.17) is 0 Å². The molecule has 2 unspecified atom stereocenters. The number of rotatable bonds is 5. The van der Waals surface area contributed by atoms with E-state index in [0.29, 0.717) is 18.0 Å². The summed E-state index contributed by atoms with van der Waals surface area (Å²) in [7, 11) is 0. The molecule has 1 aromatic heterocycles. The predicted molar refractivity (Wildman–Crippen MR) is 84.7 cm³/mol.